The van der Waals surface area contributed by atoms with Gasteiger partial charge in [0, 0.05) is 12.1 Å². The molecular weight excluding hydrogens is 326 g/mol. The van der Waals surface area contributed by atoms with Crippen molar-refractivity contribution in [2.24, 2.45) is 0 Å². The second kappa shape index (κ2) is 6.84. The van der Waals surface area contributed by atoms with Crippen molar-refractivity contribution in [3.05, 3.63) is 40.2 Å². The average molecular weight is 345 g/mol. The van der Waals surface area contributed by atoms with Gasteiger partial charge in [-0.05, 0) is 25.0 Å². The summed E-state index contributed by atoms with van der Waals surface area (Å²) in [6.45, 7) is 0. The van der Waals surface area contributed by atoms with Crippen molar-refractivity contribution < 1.29 is 19.0 Å². The first-order valence-corrected chi connectivity index (χ1v) is 7.79. The fourth-order valence-electron chi connectivity index (χ4n) is 2.37. The van der Waals surface area contributed by atoms with E-state index in [0.29, 0.717) is 17.2 Å². The highest BCUT2D eigenvalue weighted by atomic mass is 16.5. The largest absolute Gasteiger partial charge is 0.493 e. The Morgan fingerprint density at radius 3 is 2.44 bits per heavy atom. The molecule has 1 fully saturated rings. The number of hydrogen-bond donors (Lipinski definition) is 1. The van der Waals surface area contributed by atoms with Gasteiger partial charge in [-0.2, -0.15) is 9.78 Å². The number of nitrogens with one attached hydrogen (secondary N) is 1. The van der Waals surface area contributed by atoms with E-state index in [4.69, 9.17) is 14.2 Å². The van der Waals surface area contributed by atoms with Crippen LogP contribution in [0.3, 0.4) is 0 Å². The normalized spacial score (nSPS) is 13.2. The van der Waals surface area contributed by atoms with Crippen LogP contribution in [-0.4, -0.2) is 43.1 Å². The molecule has 0 aliphatic heterocycles. The minimum Gasteiger partial charge on any atom is -0.493 e. The molecule has 25 heavy (non-hydrogen) atoms. The number of carbonyl (C=O) groups is 1. The topological polar surface area (TPSA) is 91.7 Å². The summed E-state index contributed by atoms with van der Waals surface area (Å²) in [4.78, 5) is 24.4. The molecule has 0 bridgehead atoms. The maximum atomic E-state index is 12.3. The molecule has 1 aromatic carbocycles. The zero-order chi connectivity index (χ0) is 18.0. The Morgan fingerprint density at radius 1 is 1.12 bits per heavy atom. The molecule has 1 N–H and O–H groups in total. The maximum Gasteiger partial charge on any atom is 0.276 e. The minimum absolute atomic E-state index is 0.130. The third-order valence-electron chi connectivity index (χ3n) is 3.85. The fraction of sp³-hybridized carbons (Fsp3) is 0.353. The van der Waals surface area contributed by atoms with E-state index >= 15 is 0 Å². The van der Waals surface area contributed by atoms with Crippen molar-refractivity contribution in [1.29, 1.82) is 0 Å². The van der Waals surface area contributed by atoms with Gasteiger partial charge in [-0.1, -0.05) is 0 Å². The lowest BCUT2D eigenvalue weighted by Crippen LogP contribution is -2.32. The summed E-state index contributed by atoms with van der Waals surface area (Å²) in [5, 5.41) is 6.96. The van der Waals surface area contributed by atoms with Crippen molar-refractivity contribution in [2.75, 3.05) is 21.3 Å². The molecule has 1 aliphatic carbocycles. The number of benzene rings is 1. The minimum atomic E-state index is -0.494. The maximum absolute atomic E-state index is 12.3. The number of methoxy groups -OCH3 is 3. The van der Waals surface area contributed by atoms with Crippen molar-refractivity contribution in [3.63, 3.8) is 0 Å². The zero-order valence-electron chi connectivity index (χ0n) is 14.2. The predicted octanol–water partition coefficient (Wildman–Crippen LogP) is 1.15. The summed E-state index contributed by atoms with van der Waals surface area (Å²) < 4.78 is 17.1. The molecule has 1 aromatic heterocycles. The van der Waals surface area contributed by atoms with Crippen LogP contribution in [0.5, 0.6) is 17.4 Å². The van der Waals surface area contributed by atoms with E-state index in [1.807, 2.05) is 0 Å². The number of nitrogens with zero attached hydrogens (tertiary/aromatic N) is 2. The van der Waals surface area contributed by atoms with Crippen LogP contribution in [0.2, 0.25) is 0 Å². The Bertz CT molecular complexity index is 858. The van der Waals surface area contributed by atoms with Gasteiger partial charge in [0.1, 0.15) is 0 Å². The lowest BCUT2D eigenvalue weighted by Gasteiger charge is -2.14. The standard InChI is InChI=1S/C17H19N3O5/c1-23-13-7-6-11(8-14(13)24-2)20-15(25-3)9-12(21)16(19-20)17(22)18-10-4-5-10/h6-10H,4-5H2,1-3H3,(H,18,22). The highest BCUT2D eigenvalue weighted by Crippen LogP contribution is 2.30. The number of carbonyl (C=O) groups excluding carboxylic acids is 1. The number of hydrogen-bond acceptors (Lipinski definition) is 6. The summed E-state index contributed by atoms with van der Waals surface area (Å²) in [5.74, 6) is 0.772. The Labute approximate surface area is 144 Å². The van der Waals surface area contributed by atoms with Crippen LogP contribution < -0.4 is 25.0 Å². The highest BCUT2D eigenvalue weighted by Gasteiger charge is 2.26. The fourth-order valence-corrected chi connectivity index (χ4v) is 2.37. The van der Waals surface area contributed by atoms with Gasteiger partial charge >= 0.3 is 0 Å². The lowest BCUT2D eigenvalue weighted by molar-refractivity contribution is 0.0943. The molecule has 8 heteroatoms. The SMILES string of the molecule is COc1ccc(-n2nc(C(=O)NC3CC3)c(=O)cc2OC)cc1OC. The molecule has 1 heterocycles. The van der Waals surface area contributed by atoms with E-state index in [1.54, 1.807) is 18.2 Å². The molecule has 0 atom stereocenters. The highest BCUT2D eigenvalue weighted by molar-refractivity contribution is 5.92. The molecule has 3 rings (SSSR count). The molecule has 0 radical (unpaired) electrons. The summed E-state index contributed by atoms with van der Waals surface area (Å²) in [6, 6.07) is 6.49. The summed E-state index contributed by atoms with van der Waals surface area (Å²) >= 11 is 0. The van der Waals surface area contributed by atoms with E-state index in [2.05, 4.69) is 10.4 Å². The Morgan fingerprint density at radius 2 is 1.84 bits per heavy atom. The molecule has 2 aromatic rings. The van der Waals surface area contributed by atoms with E-state index in [0.717, 1.165) is 12.8 Å². The van der Waals surface area contributed by atoms with Crippen LogP contribution in [0, 0.1) is 0 Å². The number of ether oxygens (including phenoxy) is 3. The van der Waals surface area contributed by atoms with Crippen molar-refractivity contribution >= 4 is 5.91 Å². The van der Waals surface area contributed by atoms with E-state index in [9.17, 15) is 9.59 Å². The molecule has 8 nitrogen and oxygen atoms in total. The average Bonchev–Trinajstić information content (AvgIpc) is 3.44. The zero-order valence-corrected chi connectivity index (χ0v) is 14.2. The molecular formula is C17H19N3O5. The van der Waals surface area contributed by atoms with E-state index in [-0.39, 0.29) is 17.6 Å². The van der Waals surface area contributed by atoms with Crippen LogP contribution >= 0.6 is 0 Å². The second-order valence-electron chi connectivity index (χ2n) is 5.60. The van der Waals surface area contributed by atoms with Gasteiger partial charge in [-0.15, -0.1) is 0 Å². The van der Waals surface area contributed by atoms with Gasteiger partial charge in [0.15, 0.2) is 17.2 Å². The smallest absolute Gasteiger partial charge is 0.276 e. The van der Waals surface area contributed by atoms with Crippen LogP contribution in [0.1, 0.15) is 23.3 Å². The molecule has 1 aliphatic rings. The van der Waals surface area contributed by atoms with Crippen molar-refractivity contribution in [2.45, 2.75) is 18.9 Å². The van der Waals surface area contributed by atoms with Crippen LogP contribution in [0.15, 0.2) is 29.1 Å². The predicted molar refractivity (Wildman–Crippen MR) is 90.0 cm³/mol. The molecule has 132 valence electrons. The molecule has 1 saturated carbocycles. The van der Waals surface area contributed by atoms with Crippen molar-refractivity contribution in [3.8, 4) is 23.1 Å². The lowest BCUT2D eigenvalue weighted by atomic mass is 10.2. The third-order valence-corrected chi connectivity index (χ3v) is 3.85. The van der Waals surface area contributed by atoms with Gasteiger partial charge in [-0.25, -0.2) is 0 Å². The first-order valence-electron chi connectivity index (χ1n) is 7.79. The molecule has 1 amide bonds. The Kier molecular flexibility index (Phi) is 4.60. The molecule has 0 saturated heterocycles. The summed E-state index contributed by atoms with van der Waals surface area (Å²) in [6.07, 6.45) is 1.84. The Balaban J connectivity index is 2.07. The third kappa shape index (κ3) is 3.42. The van der Waals surface area contributed by atoms with Gasteiger partial charge in [0.2, 0.25) is 11.3 Å². The quantitative estimate of drug-likeness (QED) is 0.844. The summed E-state index contributed by atoms with van der Waals surface area (Å²) in [7, 11) is 4.49. The van der Waals surface area contributed by atoms with E-state index in [1.165, 1.54) is 32.1 Å². The first kappa shape index (κ1) is 16.8. The van der Waals surface area contributed by atoms with Gasteiger partial charge in [0.25, 0.3) is 5.91 Å². The van der Waals surface area contributed by atoms with Crippen LogP contribution in [-0.2, 0) is 0 Å². The van der Waals surface area contributed by atoms with Gasteiger partial charge in [0.05, 0.1) is 33.1 Å². The Hall–Kier alpha value is -3.03. The second-order valence-corrected chi connectivity index (χ2v) is 5.60. The first-order chi connectivity index (χ1) is 12.1. The van der Waals surface area contributed by atoms with Crippen LogP contribution in [0.4, 0.5) is 0 Å². The van der Waals surface area contributed by atoms with Crippen molar-refractivity contribution in [1.82, 2.24) is 15.1 Å². The molecule has 0 unspecified atom stereocenters. The van der Waals surface area contributed by atoms with Gasteiger partial charge < -0.3 is 19.5 Å². The van der Waals surface area contributed by atoms with Gasteiger partial charge in [-0.3, -0.25) is 9.59 Å². The number of amides is 1. The monoisotopic (exact) mass is 345 g/mol. The van der Waals surface area contributed by atoms with Crippen LogP contribution in [0.25, 0.3) is 5.69 Å². The number of rotatable bonds is 6. The summed E-state index contributed by atoms with van der Waals surface area (Å²) in [5.41, 5.74) is -0.107. The van der Waals surface area contributed by atoms with E-state index < -0.39 is 11.3 Å². The molecule has 0 spiro atoms. The number of aromatic nitrogens is 2.